The maximum Gasteiger partial charge on any atom is 0.225 e. The summed E-state index contributed by atoms with van der Waals surface area (Å²) in [6, 6.07) is 1.78. The summed E-state index contributed by atoms with van der Waals surface area (Å²) in [4.78, 5) is 10.8. The van der Waals surface area contributed by atoms with E-state index in [0.717, 1.165) is 13.1 Å². The molecule has 2 heterocycles. The van der Waals surface area contributed by atoms with Crippen LogP contribution >= 0.6 is 0 Å². The van der Waals surface area contributed by atoms with Crippen LogP contribution in [0.3, 0.4) is 0 Å². The number of hydrogen-bond donors (Lipinski definition) is 1. The van der Waals surface area contributed by atoms with Crippen LogP contribution in [0.15, 0.2) is 12.3 Å². The van der Waals surface area contributed by atoms with Gasteiger partial charge in [0.15, 0.2) is 0 Å². The third kappa shape index (κ3) is 3.56. The standard InChI is InChI=1S/C12H20N4O/c1-3-17-11-4-6-13-12(15-11)14-8-10-5-7-16(2)9-10/h4,6,10H,3,5,7-9H2,1-2H3,(H,13,14,15). The van der Waals surface area contributed by atoms with Crippen LogP contribution in [0.1, 0.15) is 13.3 Å². The van der Waals surface area contributed by atoms with Crippen molar-refractivity contribution in [3.8, 4) is 5.88 Å². The summed E-state index contributed by atoms with van der Waals surface area (Å²) < 4.78 is 5.34. The van der Waals surface area contributed by atoms with E-state index in [9.17, 15) is 0 Å². The fraction of sp³-hybridized carbons (Fsp3) is 0.667. The molecule has 0 spiro atoms. The van der Waals surface area contributed by atoms with Gasteiger partial charge in [-0.3, -0.25) is 0 Å². The summed E-state index contributed by atoms with van der Waals surface area (Å²) in [6.45, 7) is 5.84. The highest BCUT2D eigenvalue weighted by atomic mass is 16.5. The Morgan fingerprint density at radius 1 is 1.59 bits per heavy atom. The largest absolute Gasteiger partial charge is 0.478 e. The van der Waals surface area contributed by atoms with E-state index in [1.807, 2.05) is 6.92 Å². The molecule has 5 nitrogen and oxygen atoms in total. The van der Waals surface area contributed by atoms with Gasteiger partial charge in [-0.2, -0.15) is 4.98 Å². The molecule has 94 valence electrons. The molecule has 1 atom stereocenters. The molecule has 1 unspecified atom stereocenters. The second-order valence-corrected chi connectivity index (χ2v) is 4.45. The first-order valence-electron chi connectivity index (χ1n) is 6.16. The number of nitrogens with zero attached hydrogens (tertiary/aromatic N) is 3. The topological polar surface area (TPSA) is 50.3 Å². The Bertz CT molecular complexity index is 358. The second-order valence-electron chi connectivity index (χ2n) is 4.45. The Hall–Kier alpha value is -1.36. The summed E-state index contributed by atoms with van der Waals surface area (Å²) in [6.07, 6.45) is 2.97. The van der Waals surface area contributed by atoms with E-state index < -0.39 is 0 Å². The van der Waals surface area contributed by atoms with Crippen LogP contribution in [-0.4, -0.2) is 48.2 Å². The first-order valence-corrected chi connectivity index (χ1v) is 6.16. The molecule has 1 aromatic rings. The molecular formula is C12H20N4O. The molecule has 1 aliphatic heterocycles. The Balaban J connectivity index is 1.83. The number of hydrogen-bond acceptors (Lipinski definition) is 5. The van der Waals surface area contributed by atoms with E-state index >= 15 is 0 Å². The van der Waals surface area contributed by atoms with E-state index in [2.05, 4.69) is 27.2 Å². The minimum atomic E-state index is 0.629. The van der Waals surface area contributed by atoms with Crippen molar-refractivity contribution in [1.29, 1.82) is 0 Å². The van der Waals surface area contributed by atoms with Crippen molar-refractivity contribution >= 4 is 5.95 Å². The molecule has 1 fully saturated rings. The Morgan fingerprint density at radius 3 is 3.18 bits per heavy atom. The number of rotatable bonds is 5. The van der Waals surface area contributed by atoms with Crippen LogP contribution < -0.4 is 10.1 Å². The van der Waals surface area contributed by atoms with Gasteiger partial charge < -0.3 is 15.0 Å². The lowest BCUT2D eigenvalue weighted by Gasteiger charge is -2.11. The van der Waals surface area contributed by atoms with Gasteiger partial charge in [0.2, 0.25) is 11.8 Å². The van der Waals surface area contributed by atoms with Crippen molar-refractivity contribution in [3.63, 3.8) is 0 Å². The zero-order valence-electron chi connectivity index (χ0n) is 10.5. The summed E-state index contributed by atoms with van der Waals surface area (Å²) in [5, 5.41) is 3.28. The molecule has 0 bridgehead atoms. The molecule has 5 heteroatoms. The molecule has 1 aliphatic rings. The van der Waals surface area contributed by atoms with Crippen molar-refractivity contribution in [1.82, 2.24) is 14.9 Å². The lowest BCUT2D eigenvalue weighted by atomic mass is 10.1. The van der Waals surface area contributed by atoms with Gasteiger partial charge in [-0.05, 0) is 32.9 Å². The SMILES string of the molecule is CCOc1ccnc(NCC2CCN(C)C2)n1. The van der Waals surface area contributed by atoms with E-state index in [0.29, 0.717) is 24.4 Å². The van der Waals surface area contributed by atoms with Crippen molar-refractivity contribution in [2.75, 3.05) is 38.6 Å². The van der Waals surface area contributed by atoms with E-state index in [4.69, 9.17) is 4.74 Å². The molecule has 0 radical (unpaired) electrons. The lowest BCUT2D eigenvalue weighted by Crippen LogP contribution is -2.19. The second kappa shape index (κ2) is 5.82. The Labute approximate surface area is 102 Å². The summed E-state index contributed by atoms with van der Waals surface area (Å²) >= 11 is 0. The molecule has 1 saturated heterocycles. The van der Waals surface area contributed by atoms with Crippen LogP contribution in [0, 0.1) is 5.92 Å². The lowest BCUT2D eigenvalue weighted by molar-refractivity contribution is 0.326. The third-order valence-electron chi connectivity index (χ3n) is 2.96. The number of nitrogens with one attached hydrogen (secondary N) is 1. The highest BCUT2D eigenvalue weighted by Crippen LogP contribution is 2.15. The van der Waals surface area contributed by atoms with E-state index in [-0.39, 0.29) is 0 Å². The fourth-order valence-corrected chi connectivity index (χ4v) is 2.08. The smallest absolute Gasteiger partial charge is 0.225 e. The van der Waals surface area contributed by atoms with Crippen molar-refractivity contribution in [3.05, 3.63) is 12.3 Å². The maximum absolute atomic E-state index is 5.34. The van der Waals surface area contributed by atoms with Gasteiger partial charge in [0.05, 0.1) is 6.61 Å². The monoisotopic (exact) mass is 236 g/mol. The molecule has 0 saturated carbocycles. The zero-order chi connectivity index (χ0) is 12.1. The molecule has 0 amide bonds. The first kappa shape index (κ1) is 12.1. The van der Waals surface area contributed by atoms with Crippen LogP contribution in [0.2, 0.25) is 0 Å². The molecule has 1 aromatic heterocycles. The highest BCUT2D eigenvalue weighted by molar-refractivity contribution is 5.27. The number of ether oxygens (including phenoxy) is 1. The number of likely N-dealkylation sites (tertiary alicyclic amines) is 1. The summed E-state index contributed by atoms with van der Waals surface area (Å²) in [5.41, 5.74) is 0. The quantitative estimate of drug-likeness (QED) is 0.833. The summed E-state index contributed by atoms with van der Waals surface area (Å²) in [5.74, 6) is 1.98. The average molecular weight is 236 g/mol. The predicted molar refractivity (Wildman–Crippen MR) is 67.3 cm³/mol. The normalized spacial score (nSPS) is 20.5. The molecule has 17 heavy (non-hydrogen) atoms. The Morgan fingerprint density at radius 2 is 2.47 bits per heavy atom. The molecular weight excluding hydrogens is 216 g/mol. The minimum Gasteiger partial charge on any atom is -0.478 e. The van der Waals surface area contributed by atoms with Gasteiger partial charge in [-0.25, -0.2) is 4.98 Å². The molecule has 0 aromatic carbocycles. The van der Waals surface area contributed by atoms with Crippen LogP contribution in [0.4, 0.5) is 5.95 Å². The van der Waals surface area contributed by atoms with Crippen LogP contribution in [-0.2, 0) is 0 Å². The highest BCUT2D eigenvalue weighted by Gasteiger charge is 2.19. The van der Waals surface area contributed by atoms with Crippen LogP contribution in [0.5, 0.6) is 5.88 Å². The summed E-state index contributed by atoms with van der Waals surface area (Å²) in [7, 11) is 2.16. The van der Waals surface area contributed by atoms with E-state index in [1.165, 1.54) is 13.0 Å². The number of aromatic nitrogens is 2. The van der Waals surface area contributed by atoms with Crippen LogP contribution in [0.25, 0.3) is 0 Å². The van der Waals surface area contributed by atoms with Gasteiger partial charge in [-0.1, -0.05) is 0 Å². The van der Waals surface area contributed by atoms with Crippen molar-refractivity contribution < 1.29 is 4.74 Å². The van der Waals surface area contributed by atoms with Crippen molar-refractivity contribution in [2.45, 2.75) is 13.3 Å². The Kier molecular flexibility index (Phi) is 4.14. The van der Waals surface area contributed by atoms with Gasteiger partial charge in [0, 0.05) is 25.4 Å². The van der Waals surface area contributed by atoms with Crippen molar-refractivity contribution in [2.24, 2.45) is 5.92 Å². The zero-order valence-corrected chi connectivity index (χ0v) is 10.5. The van der Waals surface area contributed by atoms with Gasteiger partial charge >= 0.3 is 0 Å². The van der Waals surface area contributed by atoms with Gasteiger partial charge in [-0.15, -0.1) is 0 Å². The van der Waals surface area contributed by atoms with E-state index in [1.54, 1.807) is 12.3 Å². The first-order chi connectivity index (χ1) is 8.28. The number of anilines is 1. The predicted octanol–water partition coefficient (Wildman–Crippen LogP) is 1.24. The van der Waals surface area contributed by atoms with Gasteiger partial charge in [0.1, 0.15) is 0 Å². The minimum absolute atomic E-state index is 0.629. The third-order valence-corrected chi connectivity index (χ3v) is 2.96. The fourth-order valence-electron chi connectivity index (χ4n) is 2.08. The van der Waals surface area contributed by atoms with Gasteiger partial charge in [0.25, 0.3) is 0 Å². The molecule has 0 aliphatic carbocycles. The maximum atomic E-state index is 5.34. The average Bonchev–Trinajstić information content (AvgIpc) is 2.74. The molecule has 2 rings (SSSR count). The molecule has 1 N–H and O–H groups in total.